The van der Waals surface area contributed by atoms with Crippen LogP contribution in [0.1, 0.15) is 48.3 Å². The van der Waals surface area contributed by atoms with E-state index in [-0.39, 0.29) is 36.1 Å². The summed E-state index contributed by atoms with van der Waals surface area (Å²) in [6.07, 6.45) is 10.3. The third-order valence-electron chi connectivity index (χ3n) is 8.49. The molecule has 2 aliphatic heterocycles. The second kappa shape index (κ2) is 11.7. The molecule has 3 aliphatic rings. The highest BCUT2D eigenvalue weighted by Gasteiger charge is 2.42. The van der Waals surface area contributed by atoms with Crippen LogP contribution in [0, 0.1) is 24.2 Å². The van der Waals surface area contributed by atoms with Gasteiger partial charge in [-0.15, -0.1) is 6.42 Å². The quantitative estimate of drug-likeness (QED) is 0.450. The normalized spacial score (nSPS) is 22.3. The lowest BCUT2D eigenvalue weighted by atomic mass is 9.93. The van der Waals surface area contributed by atoms with Gasteiger partial charge in [0.2, 0.25) is 11.8 Å². The van der Waals surface area contributed by atoms with Crippen molar-refractivity contribution in [3.8, 4) is 12.3 Å². The molecule has 1 saturated carbocycles. The molecule has 3 fully saturated rings. The average Bonchev–Trinajstić information content (AvgIpc) is 3.64. The Balaban J connectivity index is 1.30. The zero-order valence-electron chi connectivity index (χ0n) is 21.9. The van der Waals surface area contributed by atoms with Gasteiger partial charge in [-0.3, -0.25) is 9.59 Å². The number of halogens is 2. The summed E-state index contributed by atoms with van der Waals surface area (Å²) in [6.45, 7) is 4.27. The van der Waals surface area contributed by atoms with Crippen molar-refractivity contribution in [2.45, 2.75) is 44.1 Å². The van der Waals surface area contributed by atoms with E-state index in [1.54, 1.807) is 6.07 Å². The molecule has 2 aromatic rings. The summed E-state index contributed by atoms with van der Waals surface area (Å²) in [5.74, 6) is 3.72. The largest absolute Gasteiger partial charge is 0.340 e. The fraction of sp³-hybridized carbons (Fsp3) is 0.484. The van der Waals surface area contributed by atoms with Gasteiger partial charge in [0.15, 0.2) is 0 Å². The van der Waals surface area contributed by atoms with Crippen LogP contribution < -0.4 is 0 Å². The summed E-state index contributed by atoms with van der Waals surface area (Å²) in [5, 5.41) is 0.981. The van der Waals surface area contributed by atoms with Gasteiger partial charge in [-0.1, -0.05) is 47.3 Å². The molecule has 2 aromatic carbocycles. The molecule has 0 radical (unpaired) electrons. The van der Waals surface area contributed by atoms with Crippen molar-refractivity contribution >= 4 is 35.0 Å². The Morgan fingerprint density at radius 2 is 1.71 bits per heavy atom. The third-order valence-corrected chi connectivity index (χ3v) is 9.23. The van der Waals surface area contributed by atoms with Gasteiger partial charge in [0.05, 0.1) is 22.5 Å². The van der Waals surface area contributed by atoms with E-state index in [0.29, 0.717) is 23.1 Å². The van der Waals surface area contributed by atoms with Gasteiger partial charge in [-0.2, -0.15) is 0 Å². The Labute approximate surface area is 236 Å². The fourth-order valence-electron chi connectivity index (χ4n) is 5.92. The molecule has 200 valence electrons. The summed E-state index contributed by atoms with van der Waals surface area (Å²) >= 11 is 12.6. The number of hydrogen-bond acceptors (Lipinski definition) is 3. The van der Waals surface area contributed by atoms with Crippen molar-refractivity contribution in [1.29, 1.82) is 0 Å². The zero-order chi connectivity index (χ0) is 26.8. The minimum absolute atomic E-state index is 0.0104. The second-order valence-corrected chi connectivity index (χ2v) is 11.9. The standard InChI is InChI=1S/C31H35Cl2N3O2/c1-3-21-4-6-22(7-5-21)16-30(37)34(2)29-20-36(19-26(29)25-10-11-27(32)28(33)17-25)31(38)24-12-14-35(15-13-24)18-23-8-9-23/h1,4-7,10-11,17,23-24,26,29H,8-9,12-16,18-20H2,2H3/t26-,29+/m1/s1. The van der Waals surface area contributed by atoms with Crippen LogP contribution in [0.5, 0.6) is 0 Å². The fourth-order valence-corrected chi connectivity index (χ4v) is 6.23. The van der Waals surface area contributed by atoms with Gasteiger partial charge in [0.1, 0.15) is 0 Å². The molecule has 38 heavy (non-hydrogen) atoms. The van der Waals surface area contributed by atoms with Crippen molar-refractivity contribution in [3.63, 3.8) is 0 Å². The summed E-state index contributed by atoms with van der Waals surface area (Å²) in [4.78, 5) is 33.4. The number of carbonyl (C=O) groups is 2. The number of benzene rings is 2. The lowest BCUT2D eigenvalue weighted by Gasteiger charge is -2.33. The van der Waals surface area contributed by atoms with E-state index in [0.717, 1.165) is 48.5 Å². The molecular weight excluding hydrogens is 517 g/mol. The molecule has 0 unspecified atom stereocenters. The van der Waals surface area contributed by atoms with Crippen LogP contribution in [0.15, 0.2) is 42.5 Å². The average molecular weight is 553 g/mol. The molecule has 1 aliphatic carbocycles. The zero-order valence-corrected chi connectivity index (χ0v) is 23.4. The molecule has 0 N–H and O–H groups in total. The number of hydrogen-bond donors (Lipinski definition) is 0. The maximum absolute atomic E-state index is 13.7. The topological polar surface area (TPSA) is 43.9 Å². The van der Waals surface area contributed by atoms with Crippen LogP contribution in [0.4, 0.5) is 0 Å². The van der Waals surface area contributed by atoms with E-state index >= 15 is 0 Å². The minimum Gasteiger partial charge on any atom is -0.340 e. The molecular formula is C31H35Cl2N3O2. The monoisotopic (exact) mass is 551 g/mol. The first kappa shape index (κ1) is 27.1. The SMILES string of the molecule is C#Cc1ccc(CC(=O)N(C)[C@H]2CN(C(=O)C3CCN(CC4CC4)CC3)C[C@@H]2c2ccc(Cl)c(Cl)c2)cc1. The van der Waals surface area contributed by atoms with Crippen molar-refractivity contribution in [1.82, 2.24) is 14.7 Å². The van der Waals surface area contributed by atoms with Crippen LogP contribution in [-0.4, -0.2) is 72.3 Å². The van der Waals surface area contributed by atoms with Crippen LogP contribution in [-0.2, 0) is 16.0 Å². The molecule has 0 bridgehead atoms. The van der Waals surface area contributed by atoms with Gasteiger partial charge in [-0.05, 0) is 80.1 Å². The molecule has 2 heterocycles. The van der Waals surface area contributed by atoms with Gasteiger partial charge in [0, 0.05) is 44.1 Å². The summed E-state index contributed by atoms with van der Waals surface area (Å²) < 4.78 is 0. The van der Waals surface area contributed by atoms with Crippen molar-refractivity contribution < 1.29 is 9.59 Å². The van der Waals surface area contributed by atoms with Gasteiger partial charge in [-0.25, -0.2) is 0 Å². The van der Waals surface area contributed by atoms with E-state index in [1.807, 2.05) is 53.2 Å². The Bertz CT molecular complexity index is 1210. The summed E-state index contributed by atoms with van der Waals surface area (Å²) in [5.41, 5.74) is 2.70. The maximum atomic E-state index is 13.7. The predicted molar refractivity (Wildman–Crippen MR) is 152 cm³/mol. The number of rotatable bonds is 7. The van der Waals surface area contributed by atoms with Crippen molar-refractivity contribution in [3.05, 3.63) is 69.2 Å². The number of nitrogens with zero attached hydrogens (tertiary/aromatic N) is 3. The van der Waals surface area contributed by atoms with Crippen molar-refractivity contribution in [2.24, 2.45) is 11.8 Å². The van der Waals surface area contributed by atoms with E-state index < -0.39 is 0 Å². The second-order valence-electron chi connectivity index (χ2n) is 11.1. The molecule has 2 amide bonds. The third kappa shape index (κ3) is 6.20. The molecule has 7 heteroatoms. The number of likely N-dealkylation sites (tertiary alicyclic amines) is 2. The molecule has 0 spiro atoms. The number of carbonyl (C=O) groups excluding carboxylic acids is 2. The van der Waals surface area contributed by atoms with Gasteiger partial charge >= 0.3 is 0 Å². The first-order valence-corrected chi connectivity index (χ1v) is 14.3. The van der Waals surface area contributed by atoms with Gasteiger partial charge in [0.25, 0.3) is 0 Å². The molecule has 5 rings (SSSR count). The Kier molecular flexibility index (Phi) is 8.33. The van der Waals surface area contributed by atoms with Crippen LogP contribution in [0.25, 0.3) is 0 Å². The molecule has 2 saturated heterocycles. The molecule has 0 aromatic heterocycles. The van der Waals surface area contributed by atoms with Crippen LogP contribution in [0.2, 0.25) is 10.0 Å². The van der Waals surface area contributed by atoms with E-state index in [9.17, 15) is 9.59 Å². The highest BCUT2D eigenvalue weighted by molar-refractivity contribution is 6.42. The lowest BCUT2D eigenvalue weighted by Crippen LogP contribution is -2.45. The number of amides is 2. The predicted octanol–water partition coefficient (Wildman–Crippen LogP) is 5.09. The number of piperidine rings is 1. The Hall–Kier alpha value is -2.52. The van der Waals surface area contributed by atoms with Gasteiger partial charge < -0.3 is 14.7 Å². The van der Waals surface area contributed by atoms with E-state index in [1.165, 1.54) is 19.4 Å². The number of terminal acetylenes is 1. The first-order valence-electron chi connectivity index (χ1n) is 13.6. The van der Waals surface area contributed by atoms with E-state index in [2.05, 4.69) is 10.8 Å². The summed E-state index contributed by atoms with van der Waals surface area (Å²) in [7, 11) is 1.84. The Morgan fingerprint density at radius 1 is 1.00 bits per heavy atom. The van der Waals surface area contributed by atoms with E-state index in [4.69, 9.17) is 29.6 Å². The maximum Gasteiger partial charge on any atom is 0.227 e. The van der Waals surface area contributed by atoms with Crippen molar-refractivity contribution in [2.75, 3.05) is 39.8 Å². The number of likely N-dealkylation sites (N-methyl/N-ethyl adjacent to an activating group) is 1. The lowest BCUT2D eigenvalue weighted by molar-refractivity contribution is -0.137. The molecule has 2 atom stereocenters. The Morgan fingerprint density at radius 3 is 2.34 bits per heavy atom. The molecule has 5 nitrogen and oxygen atoms in total. The van der Waals surface area contributed by atoms with Crippen LogP contribution in [0.3, 0.4) is 0 Å². The highest BCUT2D eigenvalue weighted by Crippen LogP contribution is 2.36. The van der Waals surface area contributed by atoms with Crippen LogP contribution >= 0.6 is 23.2 Å². The summed E-state index contributed by atoms with van der Waals surface area (Å²) in [6, 6.07) is 13.0. The highest BCUT2D eigenvalue weighted by atomic mass is 35.5. The minimum atomic E-state index is -0.149. The smallest absolute Gasteiger partial charge is 0.227 e. The first-order chi connectivity index (χ1) is 18.3.